The molecule has 0 aliphatic heterocycles. The van der Waals surface area contributed by atoms with Gasteiger partial charge in [-0.25, -0.2) is 0 Å². The van der Waals surface area contributed by atoms with Crippen LogP contribution < -0.4 is 10.5 Å². The largest absolute Gasteiger partial charge is 0.493 e. The van der Waals surface area contributed by atoms with Crippen molar-refractivity contribution in [3.05, 3.63) is 41.7 Å². The van der Waals surface area contributed by atoms with Crippen LogP contribution >= 0.6 is 0 Å². The molecule has 0 spiro atoms. The van der Waals surface area contributed by atoms with Gasteiger partial charge in [0.2, 0.25) is 0 Å². The van der Waals surface area contributed by atoms with E-state index < -0.39 is 6.10 Å². The minimum Gasteiger partial charge on any atom is -0.493 e. The molecule has 1 atom stereocenters. The van der Waals surface area contributed by atoms with E-state index in [-0.39, 0.29) is 0 Å². The van der Waals surface area contributed by atoms with Gasteiger partial charge in [0, 0.05) is 12.2 Å². The first kappa shape index (κ1) is 13.4. The predicted octanol–water partition coefficient (Wildman–Crippen LogP) is 1.97. The van der Waals surface area contributed by atoms with Crippen molar-refractivity contribution in [3.63, 3.8) is 0 Å². The summed E-state index contributed by atoms with van der Waals surface area (Å²) in [6.45, 7) is 2.79. The van der Waals surface area contributed by atoms with Crippen LogP contribution in [0.1, 0.15) is 30.7 Å². The second-order valence-electron chi connectivity index (χ2n) is 4.39. The fourth-order valence-electron chi connectivity index (χ4n) is 2.09. The molecule has 19 heavy (non-hydrogen) atoms. The molecule has 0 bridgehead atoms. The van der Waals surface area contributed by atoms with E-state index in [1.165, 1.54) is 0 Å². The van der Waals surface area contributed by atoms with Gasteiger partial charge in [0.15, 0.2) is 5.75 Å². The minimum absolute atomic E-state index is 0.586. The Labute approximate surface area is 112 Å². The highest BCUT2D eigenvalue weighted by Gasteiger charge is 2.21. The molecule has 0 amide bonds. The van der Waals surface area contributed by atoms with Gasteiger partial charge in [-0.1, -0.05) is 19.1 Å². The normalized spacial score (nSPS) is 12.4. The van der Waals surface area contributed by atoms with Gasteiger partial charge < -0.3 is 15.6 Å². The van der Waals surface area contributed by atoms with Crippen LogP contribution in [0, 0.1) is 0 Å². The van der Waals surface area contributed by atoms with E-state index >= 15 is 0 Å². The van der Waals surface area contributed by atoms with Crippen LogP contribution in [0.15, 0.2) is 30.5 Å². The molecule has 0 fully saturated rings. The lowest BCUT2D eigenvalue weighted by Gasteiger charge is -2.15. The molecule has 2 rings (SSSR count). The summed E-state index contributed by atoms with van der Waals surface area (Å²) in [6.07, 6.45) is 1.76. The number of nitrogens with zero attached hydrogens (tertiary/aromatic N) is 2. The Morgan fingerprint density at radius 1 is 1.47 bits per heavy atom. The highest BCUT2D eigenvalue weighted by atomic mass is 16.5. The molecule has 0 saturated carbocycles. The maximum atomic E-state index is 10.5. The van der Waals surface area contributed by atoms with Crippen molar-refractivity contribution < 1.29 is 9.84 Å². The summed E-state index contributed by atoms with van der Waals surface area (Å²) >= 11 is 0. The fourth-order valence-corrected chi connectivity index (χ4v) is 2.09. The Bertz CT molecular complexity index is 551. The summed E-state index contributed by atoms with van der Waals surface area (Å²) in [5.41, 5.74) is 7.77. The molecular formula is C14H19N3O2. The standard InChI is InChI=1S/C14H19N3O2/c1-3-7-17-13(12(19-2)9-16-17)14(18)10-5-4-6-11(15)8-10/h4-6,8-9,14,18H,3,7,15H2,1-2H3. The number of benzene rings is 1. The zero-order valence-electron chi connectivity index (χ0n) is 11.2. The molecule has 2 aromatic rings. The summed E-state index contributed by atoms with van der Waals surface area (Å²) in [5, 5.41) is 14.8. The molecule has 1 aromatic heterocycles. The molecule has 5 heteroatoms. The Morgan fingerprint density at radius 3 is 2.89 bits per heavy atom. The first-order valence-corrected chi connectivity index (χ1v) is 6.30. The van der Waals surface area contributed by atoms with Crippen LogP contribution in [0.2, 0.25) is 0 Å². The maximum Gasteiger partial charge on any atom is 0.163 e. The zero-order valence-corrected chi connectivity index (χ0v) is 11.2. The lowest BCUT2D eigenvalue weighted by Crippen LogP contribution is -2.11. The number of aliphatic hydroxyl groups excluding tert-OH is 1. The molecule has 0 radical (unpaired) electrons. The van der Waals surface area contributed by atoms with Crippen molar-refractivity contribution in [2.45, 2.75) is 26.0 Å². The number of hydrogen-bond donors (Lipinski definition) is 2. The van der Waals surface area contributed by atoms with E-state index in [9.17, 15) is 5.11 Å². The Morgan fingerprint density at radius 2 is 2.26 bits per heavy atom. The molecule has 1 aromatic carbocycles. The number of methoxy groups -OCH3 is 1. The highest BCUT2D eigenvalue weighted by molar-refractivity contribution is 5.44. The molecule has 1 heterocycles. The van der Waals surface area contributed by atoms with E-state index in [1.54, 1.807) is 30.1 Å². The lowest BCUT2D eigenvalue weighted by atomic mass is 10.1. The van der Waals surface area contributed by atoms with E-state index in [1.807, 2.05) is 12.1 Å². The number of aliphatic hydroxyl groups is 1. The van der Waals surface area contributed by atoms with Crippen LogP contribution in [-0.4, -0.2) is 22.0 Å². The Hall–Kier alpha value is -2.01. The summed E-state index contributed by atoms with van der Waals surface area (Å²) in [7, 11) is 1.57. The molecule has 3 N–H and O–H groups in total. The van der Waals surface area contributed by atoms with E-state index in [4.69, 9.17) is 10.5 Å². The van der Waals surface area contributed by atoms with E-state index in [0.717, 1.165) is 18.5 Å². The topological polar surface area (TPSA) is 73.3 Å². The number of aryl methyl sites for hydroxylation is 1. The molecule has 1 unspecified atom stereocenters. The number of rotatable bonds is 5. The van der Waals surface area contributed by atoms with Crippen molar-refractivity contribution in [3.8, 4) is 5.75 Å². The van der Waals surface area contributed by atoms with Gasteiger partial charge in [-0.3, -0.25) is 4.68 Å². The van der Waals surface area contributed by atoms with Crippen LogP contribution in [0.25, 0.3) is 0 Å². The van der Waals surface area contributed by atoms with E-state index in [0.29, 0.717) is 17.1 Å². The second kappa shape index (κ2) is 5.75. The SMILES string of the molecule is CCCn1ncc(OC)c1C(O)c1cccc(N)c1. The zero-order chi connectivity index (χ0) is 13.8. The molecule has 0 aliphatic carbocycles. The Kier molecular flexibility index (Phi) is 4.06. The van der Waals surface area contributed by atoms with E-state index in [2.05, 4.69) is 12.0 Å². The second-order valence-corrected chi connectivity index (χ2v) is 4.39. The van der Waals surface area contributed by atoms with Crippen LogP contribution in [0.4, 0.5) is 5.69 Å². The Balaban J connectivity index is 2.41. The quantitative estimate of drug-likeness (QED) is 0.807. The maximum absolute atomic E-state index is 10.5. The molecular weight excluding hydrogens is 242 g/mol. The van der Waals surface area contributed by atoms with Gasteiger partial charge in [-0.2, -0.15) is 5.10 Å². The van der Waals surface area contributed by atoms with Gasteiger partial charge >= 0.3 is 0 Å². The van der Waals surface area contributed by atoms with Gasteiger partial charge in [-0.05, 0) is 24.1 Å². The summed E-state index contributed by atoms with van der Waals surface area (Å²) in [6, 6.07) is 7.20. The molecule has 0 saturated heterocycles. The van der Waals surface area contributed by atoms with Crippen molar-refractivity contribution in [1.82, 2.24) is 9.78 Å². The predicted molar refractivity (Wildman–Crippen MR) is 74.0 cm³/mol. The summed E-state index contributed by atoms with van der Waals surface area (Å²) < 4.78 is 7.04. The lowest BCUT2D eigenvalue weighted by molar-refractivity contribution is 0.202. The van der Waals surface area contributed by atoms with Crippen molar-refractivity contribution in [2.75, 3.05) is 12.8 Å². The van der Waals surface area contributed by atoms with Crippen LogP contribution in [-0.2, 0) is 6.54 Å². The summed E-state index contributed by atoms with van der Waals surface area (Å²) in [5.74, 6) is 0.586. The smallest absolute Gasteiger partial charge is 0.163 e. The first-order chi connectivity index (χ1) is 9.17. The molecule has 0 aliphatic rings. The third-order valence-corrected chi connectivity index (χ3v) is 2.99. The average Bonchev–Trinajstić information content (AvgIpc) is 2.81. The summed E-state index contributed by atoms with van der Waals surface area (Å²) in [4.78, 5) is 0. The first-order valence-electron chi connectivity index (χ1n) is 6.30. The molecule has 102 valence electrons. The van der Waals surface area contributed by atoms with Crippen molar-refractivity contribution >= 4 is 5.69 Å². The van der Waals surface area contributed by atoms with Gasteiger partial charge in [0.1, 0.15) is 11.8 Å². The number of nitrogen functional groups attached to an aromatic ring is 1. The third-order valence-electron chi connectivity index (χ3n) is 2.99. The van der Waals surface area contributed by atoms with Gasteiger partial charge in [0.25, 0.3) is 0 Å². The van der Waals surface area contributed by atoms with Gasteiger partial charge in [-0.15, -0.1) is 0 Å². The average molecular weight is 261 g/mol. The number of hydrogen-bond acceptors (Lipinski definition) is 4. The number of aromatic nitrogens is 2. The number of ether oxygens (including phenoxy) is 1. The minimum atomic E-state index is -0.799. The van der Waals surface area contributed by atoms with Crippen molar-refractivity contribution in [2.24, 2.45) is 0 Å². The fraction of sp³-hybridized carbons (Fsp3) is 0.357. The number of anilines is 1. The molecule has 5 nitrogen and oxygen atoms in total. The van der Waals surface area contributed by atoms with Crippen LogP contribution in [0.3, 0.4) is 0 Å². The van der Waals surface area contributed by atoms with Crippen LogP contribution in [0.5, 0.6) is 5.75 Å². The monoisotopic (exact) mass is 261 g/mol. The van der Waals surface area contributed by atoms with Crippen molar-refractivity contribution in [1.29, 1.82) is 0 Å². The highest BCUT2D eigenvalue weighted by Crippen LogP contribution is 2.30. The van der Waals surface area contributed by atoms with Gasteiger partial charge in [0.05, 0.1) is 13.3 Å². The third kappa shape index (κ3) is 2.71. The number of nitrogens with two attached hydrogens (primary N) is 1.